The van der Waals surface area contributed by atoms with Crippen LogP contribution in [0.1, 0.15) is 42.6 Å². The third-order valence-corrected chi connectivity index (χ3v) is 3.25. The van der Waals surface area contributed by atoms with E-state index in [2.05, 4.69) is 0 Å². The van der Waals surface area contributed by atoms with E-state index >= 15 is 0 Å². The van der Waals surface area contributed by atoms with Gasteiger partial charge in [0.1, 0.15) is 5.82 Å². The van der Waals surface area contributed by atoms with E-state index in [-0.39, 0.29) is 17.5 Å². The van der Waals surface area contributed by atoms with Crippen LogP contribution < -0.4 is 0 Å². The Labute approximate surface area is 113 Å². The Balaban J connectivity index is 2.55. The largest absolute Gasteiger partial charge is 0.295 e. The average Bonchev–Trinajstić information content (AvgIpc) is 2.38. The summed E-state index contributed by atoms with van der Waals surface area (Å²) in [6, 6.07) is 12.3. The van der Waals surface area contributed by atoms with Gasteiger partial charge in [0.25, 0.3) is 0 Å². The van der Waals surface area contributed by atoms with Gasteiger partial charge in [0, 0.05) is 11.1 Å². The first-order chi connectivity index (χ1) is 9.00. The second kappa shape index (κ2) is 5.35. The van der Waals surface area contributed by atoms with Gasteiger partial charge in [-0.25, -0.2) is 4.39 Å². The molecule has 98 valence electrons. The van der Waals surface area contributed by atoms with Crippen molar-refractivity contribution >= 4 is 5.78 Å². The summed E-state index contributed by atoms with van der Waals surface area (Å²) in [6.07, 6.45) is 0. The molecule has 0 atom stereocenters. The molecule has 2 aromatic rings. The van der Waals surface area contributed by atoms with Gasteiger partial charge in [-0.3, -0.25) is 4.79 Å². The summed E-state index contributed by atoms with van der Waals surface area (Å²) in [4.78, 5) is 11.3. The van der Waals surface area contributed by atoms with E-state index in [1.165, 1.54) is 13.0 Å². The molecule has 19 heavy (non-hydrogen) atoms. The van der Waals surface area contributed by atoms with Crippen LogP contribution in [0, 0.1) is 5.82 Å². The van der Waals surface area contributed by atoms with Crippen molar-refractivity contribution in [2.24, 2.45) is 0 Å². The van der Waals surface area contributed by atoms with Crippen molar-refractivity contribution in [1.29, 1.82) is 0 Å². The zero-order valence-electron chi connectivity index (χ0n) is 11.4. The van der Waals surface area contributed by atoms with Crippen LogP contribution in [0.15, 0.2) is 42.5 Å². The molecule has 0 amide bonds. The molecule has 0 aliphatic carbocycles. The molecule has 0 heterocycles. The van der Waals surface area contributed by atoms with Gasteiger partial charge in [0.2, 0.25) is 0 Å². The maximum absolute atomic E-state index is 14.1. The molecule has 0 unspecified atom stereocenters. The lowest BCUT2D eigenvalue weighted by molar-refractivity contribution is 0.101. The average molecular weight is 256 g/mol. The fourth-order valence-electron chi connectivity index (χ4n) is 2.20. The van der Waals surface area contributed by atoms with Crippen LogP contribution in [0.5, 0.6) is 0 Å². The first kappa shape index (κ1) is 13.5. The topological polar surface area (TPSA) is 17.1 Å². The minimum atomic E-state index is -0.221. The van der Waals surface area contributed by atoms with E-state index in [1.807, 2.05) is 19.9 Å². The maximum Gasteiger partial charge on any atom is 0.159 e. The number of carbonyl (C=O) groups is 1. The molecule has 0 bridgehead atoms. The number of ketones is 1. The van der Waals surface area contributed by atoms with Crippen molar-refractivity contribution in [3.63, 3.8) is 0 Å². The van der Waals surface area contributed by atoms with Crippen molar-refractivity contribution in [3.05, 3.63) is 59.4 Å². The molecule has 2 aromatic carbocycles. The summed E-state index contributed by atoms with van der Waals surface area (Å²) in [5.41, 5.74) is 3.07. The molecule has 0 aromatic heterocycles. The molecule has 0 fully saturated rings. The molecule has 0 N–H and O–H groups in total. The SMILES string of the molecule is CC(=O)c1ccc(-c2c(F)cccc2C(C)C)cc1. The van der Waals surface area contributed by atoms with Gasteiger partial charge in [-0.05, 0) is 30.0 Å². The van der Waals surface area contributed by atoms with Crippen LogP contribution in [0.3, 0.4) is 0 Å². The molecule has 0 spiro atoms. The smallest absolute Gasteiger partial charge is 0.159 e. The lowest BCUT2D eigenvalue weighted by atomic mass is 9.91. The predicted molar refractivity (Wildman–Crippen MR) is 75.9 cm³/mol. The first-order valence-electron chi connectivity index (χ1n) is 6.40. The third kappa shape index (κ3) is 2.73. The highest BCUT2D eigenvalue weighted by atomic mass is 19.1. The predicted octanol–water partition coefficient (Wildman–Crippen LogP) is 4.82. The lowest BCUT2D eigenvalue weighted by Crippen LogP contribution is -1.97. The lowest BCUT2D eigenvalue weighted by Gasteiger charge is -2.14. The van der Waals surface area contributed by atoms with Gasteiger partial charge < -0.3 is 0 Å². The van der Waals surface area contributed by atoms with Gasteiger partial charge >= 0.3 is 0 Å². The molecule has 0 saturated heterocycles. The fourth-order valence-corrected chi connectivity index (χ4v) is 2.20. The van der Waals surface area contributed by atoms with Crippen LogP contribution >= 0.6 is 0 Å². The Morgan fingerprint density at radius 1 is 1.05 bits per heavy atom. The highest BCUT2D eigenvalue weighted by Gasteiger charge is 2.13. The minimum absolute atomic E-state index is 0.0177. The summed E-state index contributed by atoms with van der Waals surface area (Å²) in [5.74, 6) is 0.0455. The molecule has 1 nitrogen and oxygen atoms in total. The number of rotatable bonds is 3. The maximum atomic E-state index is 14.1. The van der Waals surface area contributed by atoms with E-state index in [0.717, 1.165) is 11.1 Å². The van der Waals surface area contributed by atoms with E-state index < -0.39 is 0 Å². The normalized spacial score (nSPS) is 10.8. The van der Waals surface area contributed by atoms with Crippen molar-refractivity contribution in [2.45, 2.75) is 26.7 Å². The minimum Gasteiger partial charge on any atom is -0.295 e. The quantitative estimate of drug-likeness (QED) is 0.720. The Bertz CT molecular complexity index is 597. The number of hydrogen-bond donors (Lipinski definition) is 0. The molecule has 0 radical (unpaired) electrons. The van der Waals surface area contributed by atoms with Crippen molar-refractivity contribution in [2.75, 3.05) is 0 Å². The molecular weight excluding hydrogens is 239 g/mol. The van der Waals surface area contributed by atoms with Crippen molar-refractivity contribution in [3.8, 4) is 11.1 Å². The van der Waals surface area contributed by atoms with Crippen LogP contribution in [-0.2, 0) is 0 Å². The third-order valence-electron chi connectivity index (χ3n) is 3.25. The molecule has 0 aliphatic rings. The first-order valence-corrected chi connectivity index (χ1v) is 6.40. The fraction of sp³-hybridized carbons (Fsp3) is 0.235. The van der Waals surface area contributed by atoms with E-state index in [9.17, 15) is 9.18 Å². The van der Waals surface area contributed by atoms with Gasteiger partial charge in [0.05, 0.1) is 0 Å². The summed E-state index contributed by atoms with van der Waals surface area (Å²) < 4.78 is 14.1. The van der Waals surface area contributed by atoms with Crippen molar-refractivity contribution < 1.29 is 9.18 Å². The van der Waals surface area contributed by atoms with Crippen LogP contribution in [-0.4, -0.2) is 5.78 Å². The van der Waals surface area contributed by atoms with Gasteiger partial charge in [-0.15, -0.1) is 0 Å². The zero-order chi connectivity index (χ0) is 14.0. The standard InChI is InChI=1S/C17H17FO/c1-11(2)15-5-4-6-16(18)17(15)14-9-7-13(8-10-14)12(3)19/h4-11H,1-3H3. The second-order valence-electron chi connectivity index (χ2n) is 4.99. The Morgan fingerprint density at radius 3 is 2.21 bits per heavy atom. The molecule has 0 aliphatic heterocycles. The summed E-state index contributed by atoms with van der Waals surface area (Å²) in [5, 5.41) is 0. The number of Topliss-reactive ketones (excluding diaryl/α,β-unsaturated/α-hetero) is 1. The molecule has 0 saturated carbocycles. The zero-order valence-corrected chi connectivity index (χ0v) is 11.4. The van der Waals surface area contributed by atoms with E-state index in [0.29, 0.717) is 11.1 Å². The highest BCUT2D eigenvalue weighted by molar-refractivity contribution is 5.94. The highest BCUT2D eigenvalue weighted by Crippen LogP contribution is 2.31. The number of carbonyl (C=O) groups excluding carboxylic acids is 1. The van der Waals surface area contributed by atoms with Gasteiger partial charge in [0.15, 0.2) is 5.78 Å². The monoisotopic (exact) mass is 256 g/mol. The van der Waals surface area contributed by atoms with Crippen LogP contribution in [0.25, 0.3) is 11.1 Å². The second-order valence-corrected chi connectivity index (χ2v) is 4.99. The molecule has 2 heteroatoms. The van der Waals surface area contributed by atoms with E-state index in [4.69, 9.17) is 0 Å². The summed E-state index contributed by atoms with van der Waals surface area (Å²) >= 11 is 0. The van der Waals surface area contributed by atoms with Gasteiger partial charge in [-0.1, -0.05) is 50.2 Å². The Kier molecular flexibility index (Phi) is 3.79. The number of hydrogen-bond acceptors (Lipinski definition) is 1. The summed E-state index contributed by atoms with van der Waals surface area (Å²) in [7, 11) is 0. The summed E-state index contributed by atoms with van der Waals surface area (Å²) in [6.45, 7) is 5.61. The van der Waals surface area contributed by atoms with Crippen molar-refractivity contribution in [1.82, 2.24) is 0 Å². The Morgan fingerprint density at radius 2 is 1.68 bits per heavy atom. The van der Waals surface area contributed by atoms with Gasteiger partial charge in [-0.2, -0.15) is 0 Å². The van der Waals surface area contributed by atoms with Crippen LogP contribution in [0.2, 0.25) is 0 Å². The number of benzene rings is 2. The van der Waals surface area contributed by atoms with E-state index in [1.54, 1.807) is 30.3 Å². The molecular formula is C17H17FO. The number of halogens is 1. The molecule has 2 rings (SSSR count). The van der Waals surface area contributed by atoms with Crippen LogP contribution in [0.4, 0.5) is 4.39 Å². The Hall–Kier alpha value is -1.96.